The minimum Gasteiger partial charge on any atom is -0.495 e. The number of anilines is 1. The van der Waals surface area contributed by atoms with Gasteiger partial charge in [0.25, 0.3) is 0 Å². The molecule has 0 radical (unpaired) electrons. The van der Waals surface area contributed by atoms with Crippen LogP contribution in [0, 0.1) is 11.3 Å². The van der Waals surface area contributed by atoms with Crippen molar-refractivity contribution in [1.29, 1.82) is 5.26 Å². The molecule has 0 atom stereocenters. The number of nitrogens with two attached hydrogens (primary N) is 1. The predicted molar refractivity (Wildman–Crippen MR) is 83.2 cm³/mol. The van der Waals surface area contributed by atoms with E-state index in [2.05, 4.69) is 10.6 Å². The van der Waals surface area contributed by atoms with E-state index >= 15 is 0 Å². The zero-order chi connectivity index (χ0) is 14.8. The Balaban J connectivity index is 1.97. The van der Waals surface area contributed by atoms with Gasteiger partial charge in [-0.05, 0) is 42.0 Å². The molecule has 0 saturated heterocycles. The molecule has 0 unspecified atom stereocenters. The molecule has 3 aromatic rings. The summed E-state index contributed by atoms with van der Waals surface area (Å²) < 4.78 is 7.40. The van der Waals surface area contributed by atoms with Crippen molar-refractivity contribution in [1.82, 2.24) is 4.57 Å². The van der Waals surface area contributed by atoms with Crippen LogP contribution in [0.4, 0.5) is 5.69 Å². The Labute approximate surface area is 123 Å². The molecule has 1 aromatic heterocycles. The van der Waals surface area contributed by atoms with E-state index in [1.54, 1.807) is 13.2 Å². The number of hydrogen-bond acceptors (Lipinski definition) is 3. The smallest absolute Gasteiger partial charge is 0.136 e. The molecule has 0 bridgehead atoms. The van der Waals surface area contributed by atoms with Crippen molar-refractivity contribution in [2.75, 3.05) is 12.8 Å². The van der Waals surface area contributed by atoms with Crippen LogP contribution in [0.5, 0.6) is 5.75 Å². The van der Waals surface area contributed by atoms with E-state index in [1.807, 2.05) is 42.6 Å². The van der Waals surface area contributed by atoms with Gasteiger partial charge in [-0.2, -0.15) is 5.26 Å². The van der Waals surface area contributed by atoms with Gasteiger partial charge in [0.15, 0.2) is 0 Å². The number of fused-ring (bicyclic) bond motifs is 1. The Morgan fingerprint density at radius 3 is 2.81 bits per heavy atom. The number of benzene rings is 2. The first-order valence-corrected chi connectivity index (χ1v) is 6.62. The first-order valence-electron chi connectivity index (χ1n) is 6.62. The fraction of sp³-hybridized carbons (Fsp3) is 0.118. The van der Waals surface area contributed by atoms with Crippen LogP contribution in [0.15, 0.2) is 48.7 Å². The second-order valence-corrected chi connectivity index (χ2v) is 4.91. The third kappa shape index (κ3) is 2.41. The van der Waals surface area contributed by atoms with Crippen LogP contribution in [0.2, 0.25) is 0 Å². The van der Waals surface area contributed by atoms with Gasteiger partial charge in [0, 0.05) is 29.3 Å². The Morgan fingerprint density at radius 1 is 1.19 bits per heavy atom. The van der Waals surface area contributed by atoms with E-state index in [0.29, 0.717) is 11.3 Å². The van der Waals surface area contributed by atoms with E-state index in [1.165, 1.54) is 0 Å². The summed E-state index contributed by atoms with van der Waals surface area (Å²) in [6.07, 6.45) is 2.04. The Morgan fingerprint density at radius 2 is 2.05 bits per heavy atom. The molecule has 0 aliphatic rings. The normalized spacial score (nSPS) is 10.5. The van der Waals surface area contributed by atoms with Crippen molar-refractivity contribution in [3.8, 4) is 11.8 Å². The summed E-state index contributed by atoms with van der Waals surface area (Å²) in [4.78, 5) is 0. The molecule has 104 valence electrons. The largest absolute Gasteiger partial charge is 0.495 e. The summed E-state index contributed by atoms with van der Waals surface area (Å²) in [6, 6.07) is 15.7. The van der Waals surface area contributed by atoms with Gasteiger partial charge in [-0.1, -0.05) is 6.07 Å². The molecule has 3 rings (SSSR count). The zero-order valence-electron chi connectivity index (χ0n) is 11.7. The van der Waals surface area contributed by atoms with Gasteiger partial charge in [0.1, 0.15) is 11.8 Å². The molecule has 0 aliphatic heterocycles. The molecule has 0 saturated carbocycles. The average molecular weight is 277 g/mol. The van der Waals surface area contributed by atoms with E-state index in [-0.39, 0.29) is 0 Å². The molecular formula is C17H15N3O. The third-order valence-corrected chi connectivity index (χ3v) is 3.53. The second-order valence-electron chi connectivity index (χ2n) is 4.91. The highest BCUT2D eigenvalue weighted by atomic mass is 16.5. The number of hydrogen-bond donors (Lipinski definition) is 1. The summed E-state index contributed by atoms with van der Waals surface area (Å²) in [7, 11) is 1.58. The third-order valence-electron chi connectivity index (χ3n) is 3.53. The Bertz CT molecular complexity index is 843. The van der Waals surface area contributed by atoms with Gasteiger partial charge in [0.2, 0.25) is 0 Å². The highest BCUT2D eigenvalue weighted by molar-refractivity contribution is 5.83. The first kappa shape index (κ1) is 13.1. The van der Waals surface area contributed by atoms with Gasteiger partial charge < -0.3 is 15.0 Å². The lowest BCUT2D eigenvalue weighted by molar-refractivity contribution is 0.413. The Hall–Kier alpha value is -2.93. The molecular weight excluding hydrogens is 262 g/mol. The van der Waals surface area contributed by atoms with Crippen LogP contribution in [0.1, 0.15) is 11.1 Å². The molecule has 2 N–H and O–H groups in total. The maximum atomic E-state index is 9.02. The summed E-state index contributed by atoms with van der Waals surface area (Å²) in [5.41, 5.74) is 9.33. The van der Waals surface area contributed by atoms with E-state index < -0.39 is 0 Å². The fourth-order valence-corrected chi connectivity index (χ4v) is 2.48. The van der Waals surface area contributed by atoms with E-state index in [9.17, 15) is 0 Å². The lowest BCUT2D eigenvalue weighted by Crippen LogP contribution is -1.99. The van der Waals surface area contributed by atoms with Crippen molar-refractivity contribution < 1.29 is 4.74 Å². The lowest BCUT2D eigenvalue weighted by Gasteiger charge is -2.09. The maximum absolute atomic E-state index is 9.02. The summed E-state index contributed by atoms with van der Waals surface area (Å²) in [6.45, 7) is 0.718. The number of rotatable bonds is 3. The van der Waals surface area contributed by atoms with Crippen molar-refractivity contribution in [3.05, 3.63) is 59.8 Å². The van der Waals surface area contributed by atoms with Gasteiger partial charge >= 0.3 is 0 Å². The highest BCUT2D eigenvalue weighted by Crippen LogP contribution is 2.23. The standard InChI is InChI=1S/C17H15N3O/c1-21-17-8-12(2-3-14(17)10-18)11-20-7-6-13-9-15(19)4-5-16(13)20/h2-9H,11,19H2,1H3. The quantitative estimate of drug-likeness (QED) is 0.748. The number of nitriles is 1. The minimum absolute atomic E-state index is 0.548. The molecule has 0 spiro atoms. The van der Waals surface area contributed by atoms with Gasteiger partial charge in [-0.25, -0.2) is 0 Å². The second kappa shape index (κ2) is 5.22. The average Bonchev–Trinajstić information content (AvgIpc) is 2.89. The molecule has 1 heterocycles. The summed E-state index contributed by atoms with van der Waals surface area (Å²) in [5.74, 6) is 0.607. The lowest BCUT2D eigenvalue weighted by atomic mass is 10.1. The number of methoxy groups -OCH3 is 1. The highest BCUT2D eigenvalue weighted by Gasteiger charge is 2.06. The van der Waals surface area contributed by atoms with Crippen molar-refractivity contribution in [2.24, 2.45) is 0 Å². The summed E-state index contributed by atoms with van der Waals surface area (Å²) in [5, 5.41) is 10.1. The molecule has 0 aliphatic carbocycles. The van der Waals surface area contributed by atoms with E-state index in [4.69, 9.17) is 15.7 Å². The minimum atomic E-state index is 0.548. The molecule has 21 heavy (non-hydrogen) atoms. The molecule has 4 heteroatoms. The fourth-order valence-electron chi connectivity index (χ4n) is 2.48. The summed E-state index contributed by atoms with van der Waals surface area (Å²) >= 11 is 0. The van der Waals surface area contributed by atoms with Gasteiger partial charge in [-0.3, -0.25) is 0 Å². The Kier molecular flexibility index (Phi) is 3.25. The number of ether oxygens (including phenoxy) is 1. The predicted octanol–water partition coefficient (Wildman–Crippen LogP) is 3.15. The molecule has 2 aromatic carbocycles. The van der Waals surface area contributed by atoms with Crippen LogP contribution in [0.3, 0.4) is 0 Å². The van der Waals surface area contributed by atoms with Crippen molar-refractivity contribution in [2.45, 2.75) is 6.54 Å². The molecule has 0 amide bonds. The van der Waals surface area contributed by atoms with Crippen LogP contribution in [-0.2, 0) is 6.54 Å². The first-order chi connectivity index (χ1) is 10.2. The number of nitrogen functional groups attached to an aromatic ring is 1. The van der Waals surface area contributed by atoms with Gasteiger partial charge in [-0.15, -0.1) is 0 Å². The number of aromatic nitrogens is 1. The topological polar surface area (TPSA) is 64.0 Å². The maximum Gasteiger partial charge on any atom is 0.136 e. The van der Waals surface area contributed by atoms with Crippen LogP contribution in [0.25, 0.3) is 10.9 Å². The van der Waals surface area contributed by atoms with Crippen LogP contribution < -0.4 is 10.5 Å². The molecule has 4 nitrogen and oxygen atoms in total. The van der Waals surface area contributed by atoms with Crippen molar-refractivity contribution >= 4 is 16.6 Å². The monoisotopic (exact) mass is 277 g/mol. The van der Waals surface area contributed by atoms with Crippen LogP contribution in [-0.4, -0.2) is 11.7 Å². The van der Waals surface area contributed by atoms with Crippen LogP contribution >= 0.6 is 0 Å². The SMILES string of the molecule is COc1cc(Cn2ccc3cc(N)ccc32)ccc1C#N. The van der Waals surface area contributed by atoms with Crippen molar-refractivity contribution in [3.63, 3.8) is 0 Å². The van der Waals surface area contributed by atoms with Gasteiger partial charge in [0.05, 0.1) is 12.7 Å². The number of nitrogens with zero attached hydrogens (tertiary/aromatic N) is 2. The van der Waals surface area contributed by atoms with E-state index in [0.717, 1.165) is 28.7 Å². The molecule has 0 fully saturated rings. The zero-order valence-corrected chi connectivity index (χ0v) is 11.7.